The van der Waals surface area contributed by atoms with Crippen LogP contribution < -0.4 is 0 Å². The Hall–Kier alpha value is -2.64. The van der Waals surface area contributed by atoms with E-state index in [2.05, 4.69) is 9.74 Å². The molecule has 2 aromatic rings. The smallest absolute Gasteiger partial charge is 0.335 e. The number of nitrogens with zero attached hydrogens (tertiary/aromatic N) is 2. The second kappa shape index (κ2) is 6.00. The quantitative estimate of drug-likeness (QED) is 0.881. The van der Waals surface area contributed by atoms with Crippen LogP contribution in [0.25, 0.3) is 4.85 Å². The van der Waals surface area contributed by atoms with E-state index in [1.807, 2.05) is 30.3 Å². The SMILES string of the molecule is [C-]#[N+]c1ccc(CN2CCc3ccc(C(=O)O)cc3C2)cc1. The number of fused-ring (bicyclic) bond motifs is 1. The molecule has 0 saturated carbocycles. The number of aromatic carboxylic acids is 1. The van der Waals surface area contributed by atoms with E-state index in [-0.39, 0.29) is 0 Å². The predicted octanol–water partition coefficient (Wildman–Crippen LogP) is 3.49. The average Bonchev–Trinajstić information content (AvgIpc) is 2.55. The number of benzene rings is 2. The zero-order valence-corrected chi connectivity index (χ0v) is 12.1. The molecule has 1 aliphatic heterocycles. The van der Waals surface area contributed by atoms with Gasteiger partial charge in [0.2, 0.25) is 0 Å². The highest BCUT2D eigenvalue weighted by atomic mass is 16.4. The van der Waals surface area contributed by atoms with Crippen LogP contribution in [0.1, 0.15) is 27.0 Å². The van der Waals surface area contributed by atoms with Crippen LogP contribution in [-0.2, 0) is 19.5 Å². The van der Waals surface area contributed by atoms with Gasteiger partial charge in [0.1, 0.15) is 0 Å². The van der Waals surface area contributed by atoms with Gasteiger partial charge in [-0.3, -0.25) is 4.90 Å². The number of carboxylic acids is 1. The summed E-state index contributed by atoms with van der Waals surface area (Å²) in [5.41, 5.74) is 4.51. The van der Waals surface area contributed by atoms with Crippen molar-refractivity contribution in [2.24, 2.45) is 0 Å². The number of hydrogen-bond donors (Lipinski definition) is 1. The molecule has 4 nitrogen and oxygen atoms in total. The van der Waals surface area contributed by atoms with Crippen LogP contribution in [-0.4, -0.2) is 22.5 Å². The number of rotatable bonds is 3. The van der Waals surface area contributed by atoms with E-state index in [1.54, 1.807) is 12.1 Å². The molecule has 0 saturated heterocycles. The molecule has 0 aliphatic carbocycles. The van der Waals surface area contributed by atoms with Crippen LogP contribution in [0.4, 0.5) is 5.69 Å². The third-order valence-corrected chi connectivity index (χ3v) is 4.02. The second-order valence-corrected chi connectivity index (χ2v) is 5.53. The summed E-state index contributed by atoms with van der Waals surface area (Å²) in [5, 5.41) is 9.10. The minimum Gasteiger partial charge on any atom is -0.478 e. The Kier molecular flexibility index (Phi) is 3.90. The van der Waals surface area contributed by atoms with Gasteiger partial charge in [0.25, 0.3) is 0 Å². The summed E-state index contributed by atoms with van der Waals surface area (Å²) in [6.45, 7) is 9.51. The lowest BCUT2D eigenvalue weighted by molar-refractivity contribution is 0.0696. The van der Waals surface area contributed by atoms with E-state index in [4.69, 9.17) is 11.7 Å². The molecule has 3 rings (SSSR count). The fourth-order valence-corrected chi connectivity index (χ4v) is 2.82. The Balaban J connectivity index is 1.74. The summed E-state index contributed by atoms with van der Waals surface area (Å²) in [4.78, 5) is 16.8. The van der Waals surface area contributed by atoms with Crippen LogP contribution in [0, 0.1) is 6.57 Å². The normalized spacial score (nSPS) is 14.1. The largest absolute Gasteiger partial charge is 0.478 e. The molecule has 2 aromatic carbocycles. The molecule has 1 aliphatic rings. The van der Waals surface area contributed by atoms with Crippen molar-refractivity contribution in [1.29, 1.82) is 0 Å². The molecule has 4 heteroatoms. The molecule has 0 amide bonds. The maximum atomic E-state index is 11.1. The van der Waals surface area contributed by atoms with Crippen molar-refractivity contribution in [1.82, 2.24) is 4.90 Å². The van der Waals surface area contributed by atoms with Gasteiger partial charge in [0, 0.05) is 19.6 Å². The number of hydrogen-bond acceptors (Lipinski definition) is 2. The minimum absolute atomic E-state index is 0.349. The fourth-order valence-electron chi connectivity index (χ4n) is 2.82. The van der Waals surface area contributed by atoms with Crippen LogP contribution in [0.5, 0.6) is 0 Å². The summed E-state index contributed by atoms with van der Waals surface area (Å²) in [5.74, 6) is -0.880. The van der Waals surface area contributed by atoms with E-state index in [1.165, 1.54) is 11.1 Å². The van der Waals surface area contributed by atoms with Crippen molar-refractivity contribution < 1.29 is 9.90 Å². The lowest BCUT2D eigenvalue weighted by atomic mass is 9.97. The molecule has 22 heavy (non-hydrogen) atoms. The van der Waals surface area contributed by atoms with Gasteiger partial charge >= 0.3 is 5.97 Å². The maximum Gasteiger partial charge on any atom is 0.335 e. The van der Waals surface area contributed by atoms with Crippen molar-refractivity contribution in [2.75, 3.05) is 6.54 Å². The molecule has 0 unspecified atom stereocenters. The van der Waals surface area contributed by atoms with Gasteiger partial charge in [-0.2, -0.15) is 0 Å². The maximum absolute atomic E-state index is 11.1. The first-order chi connectivity index (χ1) is 10.7. The molecule has 0 bridgehead atoms. The highest BCUT2D eigenvalue weighted by Crippen LogP contribution is 2.22. The van der Waals surface area contributed by atoms with Crippen molar-refractivity contribution in [3.05, 3.63) is 76.1 Å². The second-order valence-electron chi connectivity index (χ2n) is 5.53. The van der Waals surface area contributed by atoms with Gasteiger partial charge in [0.05, 0.1) is 12.1 Å². The lowest BCUT2D eigenvalue weighted by Gasteiger charge is -2.29. The van der Waals surface area contributed by atoms with Crippen molar-refractivity contribution in [2.45, 2.75) is 19.5 Å². The van der Waals surface area contributed by atoms with Gasteiger partial charge in [-0.25, -0.2) is 9.64 Å². The number of carbonyl (C=O) groups is 1. The molecule has 0 fully saturated rings. The van der Waals surface area contributed by atoms with E-state index < -0.39 is 5.97 Å². The Morgan fingerprint density at radius 2 is 1.95 bits per heavy atom. The highest BCUT2D eigenvalue weighted by molar-refractivity contribution is 5.87. The first-order valence-corrected chi connectivity index (χ1v) is 7.19. The van der Waals surface area contributed by atoms with Gasteiger partial charge in [0.15, 0.2) is 5.69 Å². The molecule has 0 atom stereocenters. The van der Waals surface area contributed by atoms with Gasteiger partial charge in [-0.1, -0.05) is 30.3 Å². The Labute approximate surface area is 129 Å². The Morgan fingerprint density at radius 1 is 1.18 bits per heavy atom. The minimum atomic E-state index is -0.880. The van der Waals surface area contributed by atoms with Crippen LogP contribution in [0.2, 0.25) is 0 Å². The topological polar surface area (TPSA) is 44.9 Å². The summed E-state index contributed by atoms with van der Waals surface area (Å²) >= 11 is 0. The summed E-state index contributed by atoms with van der Waals surface area (Å²) < 4.78 is 0. The standard InChI is InChI=1S/C18H16N2O2/c1-19-17-6-2-13(3-7-17)11-20-9-8-14-4-5-15(18(21)22)10-16(14)12-20/h2-7,10H,8-9,11-12H2,(H,21,22). The zero-order chi connectivity index (χ0) is 15.5. The van der Waals surface area contributed by atoms with Crippen molar-refractivity contribution in [3.8, 4) is 0 Å². The summed E-state index contributed by atoms with van der Waals surface area (Å²) in [7, 11) is 0. The number of carboxylic acid groups (broad SMARTS) is 1. The first-order valence-electron chi connectivity index (χ1n) is 7.19. The van der Waals surface area contributed by atoms with Gasteiger partial charge < -0.3 is 5.11 Å². The molecular weight excluding hydrogens is 276 g/mol. The van der Waals surface area contributed by atoms with Crippen molar-refractivity contribution in [3.63, 3.8) is 0 Å². The molecule has 1 N–H and O–H groups in total. The van der Waals surface area contributed by atoms with E-state index in [9.17, 15) is 4.79 Å². The molecular formula is C18H16N2O2. The fraction of sp³-hybridized carbons (Fsp3) is 0.222. The molecule has 1 heterocycles. The Bertz CT molecular complexity index is 745. The monoisotopic (exact) mass is 292 g/mol. The molecule has 0 radical (unpaired) electrons. The van der Waals surface area contributed by atoms with Gasteiger partial charge in [-0.15, -0.1) is 0 Å². The van der Waals surface area contributed by atoms with Gasteiger partial charge in [-0.05, 0) is 35.2 Å². The van der Waals surface area contributed by atoms with Crippen LogP contribution in [0.3, 0.4) is 0 Å². The highest BCUT2D eigenvalue weighted by Gasteiger charge is 2.17. The lowest BCUT2D eigenvalue weighted by Crippen LogP contribution is -2.30. The van der Waals surface area contributed by atoms with Crippen molar-refractivity contribution >= 4 is 11.7 Å². The summed E-state index contributed by atoms with van der Waals surface area (Å²) in [6.07, 6.45) is 0.940. The third-order valence-electron chi connectivity index (χ3n) is 4.02. The van der Waals surface area contributed by atoms with E-state index >= 15 is 0 Å². The molecule has 0 spiro atoms. The first kappa shape index (κ1) is 14.3. The summed E-state index contributed by atoms with van der Waals surface area (Å²) in [6, 6.07) is 13.0. The zero-order valence-electron chi connectivity index (χ0n) is 12.1. The van der Waals surface area contributed by atoms with Crippen LogP contribution >= 0.6 is 0 Å². The van der Waals surface area contributed by atoms with Crippen LogP contribution in [0.15, 0.2) is 42.5 Å². The molecule has 0 aromatic heterocycles. The Morgan fingerprint density at radius 3 is 2.64 bits per heavy atom. The molecule has 110 valence electrons. The van der Waals surface area contributed by atoms with E-state index in [0.29, 0.717) is 11.3 Å². The van der Waals surface area contributed by atoms with E-state index in [0.717, 1.165) is 31.6 Å². The average molecular weight is 292 g/mol. The predicted molar refractivity (Wildman–Crippen MR) is 83.9 cm³/mol. The third kappa shape index (κ3) is 3.00.